The largest absolute Gasteiger partial charge is 0.481 e. The number of nitrogens with zero attached hydrogens (tertiary/aromatic N) is 4. The lowest BCUT2D eigenvalue weighted by Crippen LogP contribution is -2.48. The normalized spacial score (nSPS) is 18.4. The van der Waals surface area contributed by atoms with Gasteiger partial charge in [-0.3, -0.25) is 9.59 Å². The number of aliphatic carboxylic acids is 1. The van der Waals surface area contributed by atoms with E-state index in [0.29, 0.717) is 19.6 Å². The summed E-state index contributed by atoms with van der Waals surface area (Å²) in [7, 11) is 4.05. The summed E-state index contributed by atoms with van der Waals surface area (Å²) in [5.74, 6) is -0.868. The van der Waals surface area contributed by atoms with Crippen LogP contribution < -0.4 is 10.9 Å². The van der Waals surface area contributed by atoms with Gasteiger partial charge >= 0.3 is 6.09 Å². The molecule has 5 rings (SSSR count). The van der Waals surface area contributed by atoms with Gasteiger partial charge in [0.1, 0.15) is 6.10 Å². The van der Waals surface area contributed by atoms with Crippen LogP contribution in [0, 0.1) is 6.92 Å². The Morgan fingerprint density at radius 2 is 1.85 bits per heavy atom. The highest BCUT2D eigenvalue weighted by Gasteiger charge is 2.34. The molecule has 2 unspecified atom stereocenters. The number of likely N-dealkylation sites (N-methyl/N-ethyl adjacent to an activating group) is 1. The van der Waals surface area contributed by atoms with Gasteiger partial charge in [-0.1, -0.05) is 20.8 Å². The molecule has 10 heteroatoms. The number of amides is 1. The van der Waals surface area contributed by atoms with Gasteiger partial charge in [-0.2, -0.15) is 0 Å². The summed E-state index contributed by atoms with van der Waals surface area (Å²) in [6.45, 7) is 13.3. The highest BCUT2D eigenvalue weighted by molar-refractivity contribution is 5.71. The smallest absolute Gasteiger partial charge is 0.410 e. The molecule has 2 aromatic heterocycles. The standard InChI is InChI=1S/C26H33N5O3.C2H4O2.C2H6/c1-5-18-16(2)12-22-24-17(14-31(22)25(18)32)13-19-20(15-29(3)4)23(7-6-21(19)28-24)34-26(33)30-10-8-27-9-11-30;1-2(3)4;1-2/h6-7,12-13,20,23,27H,5,8-11,14-15H2,1-4H3;1H3,(H,3,4);1-2H3. The molecule has 1 saturated heterocycles. The molecule has 1 amide bonds. The third-order valence-electron chi connectivity index (χ3n) is 7.12. The minimum Gasteiger partial charge on any atom is -0.481 e. The summed E-state index contributed by atoms with van der Waals surface area (Å²) in [5.41, 5.74) is 6.75. The second kappa shape index (κ2) is 13.7. The first-order chi connectivity index (χ1) is 19.1. The van der Waals surface area contributed by atoms with E-state index in [1.54, 1.807) is 4.90 Å². The quantitative estimate of drug-likeness (QED) is 0.505. The summed E-state index contributed by atoms with van der Waals surface area (Å²) >= 11 is 0. The van der Waals surface area contributed by atoms with Crippen molar-refractivity contribution < 1.29 is 19.4 Å². The molecule has 0 spiro atoms. The lowest BCUT2D eigenvalue weighted by Gasteiger charge is -2.34. The average molecular weight is 554 g/mol. The Morgan fingerprint density at radius 1 is 1.20 bits per heavy atom. The molecule has 2 N–H and O–H groups in total. The maximum atomic E-state index is 13.1. The van der Waals surface area contributed by atoms with Crippen LogP contribution in [0.25, 0.3) is 17.5 Å². The van der Waals surface area contributed by atoms with Gasteiger partial charge in [0, 0.05) is 56.7 Å². The molecule has 1 aliphatic carbocycles. The third-order valence-corrected chi connectivity index (χ3v) is 7.12. The number of aromatic nitrogens is 2. The number of carboxylic acids is 1. The zero-order valence-electron chi connectivity index (χ0n) is 24.8. The first-order valence-electron chi connectivity index (χ1n) is 14.1. The molecule has 2 aromatic rings. The number of carbonyl (C=O) groups is 2. The molecular weight excluding hydrogens is 510 g/mol. The van der Waals surface area contributed by atoms with Crippen LogP contribution in [0.3, 0.4) is 0 Å². The third kappa shape index (κ3) is 6.79. The topological polar surface area (TPSA) is 117 Å². The van der Waals surface area contributed by atoms with E-state index in [2.05, 4.69) is 22.3 Å². The van der Waals surface area contributed by atoms with Crippen LogP contribution in [-0.4, -0.2) is 89.4 Å². The van der Waals surface area contributed by atoms with Gasteiger partial charge < -0.3 is 29.5 Å². The van der Waals surface area contributed by atoms with Crippen LogP contribution >= 0.6 is 0 Å². The van der Waals surface area contributed by atoms with Gasteiger partial charge in [0.05, 0.1) is 23.6 Å². The molecule has 0 saturated carbocycles. The van der Waals surface area contributed by atoms with Crippen LogP contribution in [0.15, 0.2) is 23.0 Å². The Labute approximate surface area is 236 Å². The predicted molar refractivity (Wildman–Crippen MR) is 157 cm³/mol. The lowest BCUT2D eigenvalue weighted by molar-refractivity contribution is -0.134. The first kappa shape index (κ1) is 31.0. The van der Waals surface area contributed by atoms with Crippen molar-refractivity contribution >= 4 is 18.1 Å². The highest BCUT2D eigenvalue weighted by atomic mass is 16.6. The van der Waals surface area contributed by atoms with Crippen molar-refractivity contribution in [3.05, 3.63) is 56.5 Å². The fourth-order valence-electron chi connectivity index (χ4n) is 5.38. The first-order valence-corrected chi connectivity index (χ1v) is 14.1. The number of piperazine rings is 1. The molecule has 2 atom stereocenters. The van der Waals surface area contributed by atoms with Gasteiger partial charge in [0.15, 0.2) is 0 Å². The maximum absolute atomic E-state index is 13.1. The maximum Gasteiger partial charge on any atom is 0.410 e. The average Bonchev–Trinajstić information content (AvgIpc) is 3.28. The molecule has 2 aliphatic heterocycles. The number of pyridine rings is 2. The molecule has 0 radical (unpaired) electrons. The number of carboxylic acid groups (broad SMARTS) is 1. The van der Waals surface area contributed by atoms with Gasteiger partial charge in [0.25, 0.3) is 11.5 Å². The summed E-state index contributed by atoms with van der Waals surface area (Å²) in [6, 6.07) is 4.27. The second-order valence-electron chi connectivity index (χ2n) is 10.2. The molecule has 10 nitrogen and oxygen atoms in total. The Morgan fingerprint density at radius 3 is 2.45 bits per heavy atom. The van der Waals surface area contributed by atoms with Crippen LogP contribution in [-0.2, 0) is 22.5 Å². The van der Waals surface area contributed by atoms with E-state index in [9.17, 15) is 9.59 Å². The number of nitrogens with one attached hydrogen (secondary N) is 1. The molecule has 0 aromatic carbocycles. The molecule has 4 heterocycles. The van der Waals surface area contributed by atoms with Crippen LogP contribution in [0.2, 0.25) is 0 Å². The van der Waals surface area contributed by atoms with E-state index in [4.69, 9.17) is 19.6 Å². The fraction of sp³-hybridized carbons (Fsp3) is 0.533. The zero-order chi connectivity index (χ0) is 29.6. The Balaban J connectivity index is 0.000000677. The van der Waals surface area contributed by atoms with E-state index < -0.39 is 5.97 Å². The molecule has 40 heavy (non-hydrogen) atoms. The predicted octanol–water partition coefficient (Wildman–Crippen LogP) is 3.34. The Bertz CT molecular complexity index is 1310. The van der Waals surface area contributed by atoms with Gasteiger partial charge in [0.2, 0.25) is 0 Å². The Kier molecular flexibility index (Phi) is 10.6. The summed E-state index contributed by atoms with van der Waals surface area (Å²) in [4.78, 5) is 43.8. The van der Waals surface area contributed by atoms with E-state index in [0.717, 1.165) is 72.3 Å². The second-order valence-corrected chi connectivity index (χ2v) is 10.2. The minimum atomic E-state index is -0.833. The number of ether oxygens (including phenoxy) is 1. The van der Waals surface area contributed by atoms with Gasteiger partial charge in [-0.05, 0) is 62.9 Å². The minimum absolute atomic E-state index is 0.0342. The number of rotatable bonds is 4. The number of hydrogen-bond acceptors (Lipinski definition) is 7. The molecule has 3 aliphatic rings. The van der Waals surface area contributed by atoms with E-state index in [-0.39, 0.29) is 23.7 Å². The van der Waals surface area contributed by atoms with Crippen molar-refractivity contribution in [3.8, 4) is 11.4 Å². The lowest BCUT2D eigenvalue weighted by atomic mass is 9.86. The van der Waals surface area contributed by atoms with Gasteiger partial charge in [-0.25, -0.2) is 9.78 Å². The highest BCUT2D eigenvalue weighted by Crippen LogP contribution is 2.38. The number of carbonyl (C=O) groups excluding carboxylic acids is 1. The van der Waals surface area contributed by atoms with Crippen LogP contribution in [0.1, 0.15) is 61.6 Å². The number of fused-ring (bicyclic) bond motifs is 4. The van der Waals surface area contributed by atoms with Crippen molar-refractivity contribution in [3.63, 3.8) is 0 Å². The SMILES string of the molecule is CC.CC(=O)O.CCc1c(C)cc2n(c1=O)Cc1cc3c(nc1-2)C=CC(OC(=O)N1CCNCC1)C3CN(C)C. The van der Waals surface area contributed by atoms with E-state index in [1.165, 1.54) is 0 Å². The van der Waals surface area contributed by atoms with Crippen molar-refractivity contribution in [2.75, 3.05) is 46.8 Å². The van der Waals surface area contributed by atoms with Crippen molar-refractivity contribution in [1.29, 1.82) is 0 Å². The molecule has 1 fully saturated rings. The van der Waals surface area contributed by atoms with Gasteiger partial charge in [-0.15, -0.1) is 0 Å². The molecule has 0 bridgehead atoms. The monoisotopic (exact) mass is 553 g/mol. The van der Waals surface area contributed by atoms with Crippen molar-refractivity contribution in [2.24, 2.45) is 0 Å². The van der Waals surface area contributed by atoms with Crippen molar-refractivity contribution in [1.82, 2.24) is 24.7 Å². The van der Waals surface area contributed by atoms with Crippen LogP contribution in [0.5, 0.6) is 0 Å². The molecular formula is C30H43N5O5. The fourth-order valence-corrected chi connectivity index (χ4v) is 5.38. The Hall–Kier alpha value is -3.50. The number of hydrogen-bond donors (Lipinski definition) is 2. The number of aryl methyl sites for hydroxylation is 1. The van der Waals surface area contributed by atoms with E-state index in [1.807, 2.05) is 58.5 Å². The van der Waals surface area contributed by atoms with Crippen LogP contribution in [0.4, 0.5) is 4.79 Å². The summed E-state index contributed by atoms with van der Waals surface area (Å²) < 4.78 is 7.86. The van der Waals surface area contributed by atoms with E-state index >= 15 is 0 Å². The van der Waals surface area contributed by atoms with Crippen molar-refractivity contribution in [2.45, 2.75) is 59.6 Å². The summed E-state index contributed by atoms with van der Waals surface area (Å²) in [6.07, 6.45) is 4.02. The molecule has 218 valence electrons. The zero-order valence-corrected chi connectivity index (χ0v) is 24.8. The summed E-state index contributed by atoms with van der Waals surface area (Å²) in [5, 5.41) is 10.7.